The van der Waals surface area contributed by atoms with Gasteiger partial charge in [0.05, 0.1) is 5.92 Å². The molecule has 0 spiro atoms. The highest BCUT2D eigenvalue weighted by Gasteiger charge is 2.26. The summed E-state index contributed by atoms with van der Waals surface area (Å²) in [6.07, 6.45) is 6.71. The zero-order valence-electron chi connectivity index (χ0n) is 15.3. The lowest BCUT2D eigenvalue weighted by Crippen LogP contribution is -2.43. The molecule has 28 heavy (non-hydrogen) atoms. The maximum Gasteiger partial charge on any atom is 0.225 e. The van der Waals surface area contributed by atoms with Gasteiger partial charge in [0.1, 0.15) is 18.0 Å². The van der Waals surface area contributed by atoms with Crippen LogP contribution in [0.3, 0.4) is 0 Å². The molecule has 1 aliphatic heterocycles. The minimum absolute atomic E-state index is 0.0608. The Kier molecular flexibility index (Phi) is 5.27. The quantitative estimate of drug-likeness (QED) is 0.735. The first-order chi connectivity index (χ1) is 13.7. The largest absolute Gasteiger partial charge is 0.356 e. The van der Waals surface area contributed by atoms with Crippen molar-refractivity contribution in [3.63, 3.8) is 0 Å². The Morgan fingerprint density at radius 2 is 2.07 bits per heavy atom. The third kappa shape index (κ3) is 4.00. The van der Waals surface area contributed by atoms with E-state index in [2.05, 4.69) is 25.3 Å². The number of rotatable bonds is 5. The summed E-state index contributed by atoms with van der Waals surface area (Å²) in [5, 5.41) is 7.05. The number of piperidine rings is 1. The van der Waals surface area contributed by atoms with E-state index in [-0.39, 0.29) is 24.2 Å². The van der Waals surface area contributed by atoms with Gasteiger partial charge in [0, 0.05) is 43.7 Å². The average Bonchev–Trinajstić information content (AvgIpc) is 3.28. The molecule has 1 aromatic carbocycles. The van der Waals surface area contributed by atoms with E-state index < -0.39 is 0 Å². The number of carbonyl (C=O) groups excluding carboxylic acids is 1. The van der Waals surface area contributed by atoms with E-state index in [0.29, 0.717) is 17.9 Å². The van der Waals surface area contributed by atoms with Gasteiger partial charge in [-0.25, -0.2) is 19.0 Å². The topological polar surface area (TPSA) is 75.9 Å². The van der Waals surface area contributed by atoms with Crippen LogP contribution >= 0.6 is 0 Å². The molecular weight excluding hydrogens is 359 g/mol. The maximum atomic E-state index is 13.7. The van der Waals surface area contributed by atoms with Gasteiger partial charge >= 0.3 is 0 Å². The summed E-state index contributed by atoms with van der Waals surface area (Å²) in [6, 6.07) is 10.2. The Bertz CT molecular complexity index is 945. The zero-order chi connectivity index (χ0) is 19.3. The Morgan fingerprint density at radius 1 is 1.21 bits per heavy atom. The van der Waals surface area contributed by atoms with Crippen LogP contribution in [0.5, 0.6) is 0 Å². The molecule has 0 bridgehead atoms. The monoisotopic (exact) mass is 380 g/mol. The van der Waals surface area contributed by atoms with Crippen LogP contribution in [0.1, 0.15) is 18.4 Å². The van der Waals surface area contributed by atoms with Crippen LogP contribution in [0.25, 0.3) is 5.82 Å². The fourth-order valence-corrected chi connectivity index (χ4v) is 3.41. The van der Waals surface area contributed by atoms with E-state index in [4.69, 9.17) is 0 Å². The van der Waals surface area contributed by atoms with Crippen molar-refractivity contribution < 1.29 is 9.18 Å². The fraction of sp³-hybridized carbons (Fsp3) is 0.300. The van der Waals surface area contributed by atoms with Crippen LogP contribution in [-0.4, -0.2) is 38.7 Å². The highest BCUT2D eigenvalue weighted by Crippen LogP contribution is 2.22. The van der Waals surface area contributed by atoms with Crippen molar-refractivity contribution in [2.24, 2.45) is 5.92 Å². The molecule has 144 valence electrons. The lowest BCUT2D eigenvalue weighted by atomic mass is 9.97. The molecule has 0 radical (unpaired) electrons. The maximum absolute atomic E-state index is 13.7. The first-order valence-electron chi connectivity index (χ1n) is 9.29. The summed E-state index contributed by atoms with van der Waals surface area (Å²) in [4.78, 5) is 23.3. The molecule has 1 fully saturated rings. The van der Waals surface area contributed by atoms with Gasteiger partial charge in [-0.05, 0) is 25.0 Å². The Labute approximate surface area is 162 Å². The molecule has 1 saturated heterocycles. The van der Waals surface area contributed by atoms with E-state index >= 15 is 0 Å². The molecule has 3 aromatic rings. The minimum Gasteiger partial charge on any atom is -0.356 e. The highest BCUT2D eigenvalue weighted by molar-refractivity contribution is 5.79. The normalized spacial score (nSPS) is 16.8. The molecular formula is C20H21FN6O. The van der Waals surface area contributed by atoms with E-state index in [1.54, 1.807) is 29.1 Å². The molecule has 1 aliphatic rings. The van der Waals surface area contributed by atoms with E-state index in [1.807, 2.05) is 18.3 Å². The van der Waals surface area contributed by atoms with Crippen LogP contribution in [0.2, 0.25) is 0 Å². The summed E-state index contributed by atoms with van der Waals surface area (Å²) < 4.78 is 15.4. The van der Waals surface area contributed by atoms with Crippen LogP contribution in [0.4, 0.5) is 10.2 Å². The first-order valence-corrected chi connectivity index (χ1v) is 9.29. The van der Waals surface area contributed by atoms with Gasteiger partial charge in [0.25, 0.3) is 0 Å². The van der Waals surface area contributed by atoms with Crippen LogP contribution in [0.15, 0.2) is 55.1 Å². The molecule has 1 atom stereocenters. The molecule has 7 nitrogen and oxygen atoms in total. The molecule has 1 amide bonds. The van der Waals surface area contributed by atoms with Crippen molar-refractivity contribution in [3.8, 4) is 5.82 Å². The number of hydrogen-bond acceptors (Lipinski definition) is 5. The number of anilines is 1. The van der Waals surface area contributed by atoms with Crippen LogP contribution < -0.4 is 10.2 Å². The van der Waals surface area contributed by atoms with Gasteiger partial charge in [0.15, 0.2) is 5.82 Å². The predicted molar refractivity (Wildman–Crippen MR) is 102 cm³/mol. The summed E-state index contributed by atoms with van der Waals surface area (Å²) in [6.45, 7) is 1.59. The number of benzene rings is 1. The molecule has 1 N–H and O–H groups in total. The molecule has 3 heterocycles. The van der Waals surface area contributed by atoms with E-state index in [1.165, 1.54) is 12.4 Å². The van der Waals surface area contributed by atoms with Gasteiger partial charge in [-0.2, -0.15) is 5.10 Å². The number of nitrogens with zero attached hydrogens (tertiary/aromatic N) is 5. The zero-order valence-corrected chi connectivity index (χ0v) is 15.3. The molecule has 0 saturated carbocycles. The van der Waals surface area contributed by atoms with Crippen molar-refractivity contribution in [1.82, 2.24) is 25.1 Å². The van der Waals surface area contributed by atoms with Crippen LogP contribution in [-0.2, 0) is 11.3 Å². The highest BCUT2D eigenvalue weighted by atomic mass is 19.1. The molecule has 4 rings (SSSR count). The van der Waals surface area contributed by atoms with Crippen LogP contribution in [0, 0.1) is 11.7 Å². The number of amides is 1. The summed E-state index contributed by atoms with van der Waals surface area (Å²) in [5.41, 5.74) is 0.489. The van der Waals surface area contributed by atoms with Crippen molar-refractivity contribution >= 4 is 11.7 Å². The Hall–Kier alpha value is -3.29. The number of hydrogen-bond donors (Lipinski definition) is 1. The van der Waals surface area contributed by atoms with Gasteiger partial charge < -0.3 is 10.2 Å². The standard InChI is InChI=1S/C20H21FN6O/c21-17-7-2-1-5-15(17)12-22-20(28)16-6-3-9-26(13-16)18-11-19(24-14-23-18)27-10-4-8-25-27/h1-2,4-5,7-8,10-11,14,16H,3,6,9,12-13H2,(H,22,28)/t16-/m1/s1. The number of nitrogens with one attached hydrogen (secondary N) is 1. The second kappa shape index (κ2) is 8.16. The first kappa shape index (κ1) is 18.1. The van der Waals surface area contributed by atoms with E-state index in [9.17, 15) is 9.18 Å². The Morgan fingerprint density at radius 3 is 2.89 bits per heavy atom. The van der Waals surface area contributed by atoms with Crippen molar-refractivity contribution in [2.75, 3.05) is 18.0 Å². The SMILES string of the molecule is O=C(NCc1ccccc1F)[C@@H]1CCCN(c2cc(-n3cccn3)ncn2)C1. The number of carbonyl (C=O) groups is 1. The van der Waals surface area contributed by atoms with E-state index in [0.717, 1.165) is 25.2 Å². The molecule has 0 aliphatic carbocycles. The second-order valence-corrected chi connectivity index (χ2v) is 6.78. The van der Waals surface area contributed by atoms with Crippen molar-refractivity contribution in [3.05, 3.63) is 66.5 Å². The second-order valence-electron chi connectivity index (χ2n) is 6.78. The molecule has 0 unspecified atom stereocenters. The molecule has 8 heteroatoms. The third-order valence-corrected chi connectivity index (χ3v) is 4.90. The number of aromatic nitrogens is 4. The fourth-order valence-electron chi connectivity index (χ4n) is 3.41. The molecule has 2 aromatic heterocycles. The summed E-state index contributed by atoms with van der Waals surface area (Å²) in [5.74, 6) is 0.923. The third-order valence-electron chi connectivity index (χ3n) is 4.90. The Balaban J connectivity index is 1.41. The summed E-state index contributed by atoms with van der Waals surface area (Å²) in [7, 11) is 0. The van der Waals surface area contributed by atoms with Crippen molar-refractivity contribution in [1.29, 1.82) is 0 Å². The summed E-state index contributed by atoms with van der Waals surface area (Å²) >= 11 is 0. The lowest BCUT2D eigenvalue weighted by Gasteiger charge is -2.32. The predicted octanol–water partition coefficient (Wildman–Crippen LogP) is 2.33. The minimum atomic E-state index is -0.305. The van der Waals surface area contributed by atoms with Gasteiger partial charge in [-0.15, -0.1) is 0 Å². The lowest BCUT2D eigenvalue weighted by molar-refractivity contribution is -0.125. The van der Waals surface area contributed by atoms with Crippen molar-refractivity contribution in [2.45, 2.75) is 19.4 Å². The van der Waals surface area contributed by atoms with Gasteiger partial charge in [-0.1, -0.05) is 18.2 Å². The number of halogens is 1. The average molecular weight is 380 g/mol. The van der Waals surface area contributed by atoms with Gasteiger partial charge in [0.2, 0.25) is 5.91 Å². The van der Waals surface area contributed by atoms with Gasteiger partial charge in [-0.3, -0.25) is 4.79 Å². The smallest absolute Gasteiger partial charge is 0.225 e.